The first kappa shape index (κ1) is 15.3. The van der Waals surface area contributed by atoms with Crippen LogP contribution in [0.2, 0.25) is 0 Å². The van der Waals surface area contributed by atoms with Gasteiger partial charge in [0.05, 0.1) is 6.04 Å². The Hall–Kier alpha value is -1.58. The summed E-state index contributed by atoms with van der Waals surface area (Å²) in [5.41, 5.74) is 2.03. The Balaban J connectivity index is 1.64. The van der Waals surface area contributed by atoms with Crippen LogP contribution in [0.25, 0.3) is 0 Å². The fourth-order valence-electron chi connectivity index (χ4n) is 4.04. The number of nitrogens with one attached hydrogen (secondary N) is 2. The molecule has 2 N–H and O–H groups in total. The summed E-state index contributed by atoms with van der Waals surface area (Å²) in [6.07, 6.45) is 8.53. The van der Waals surface area contributed by atoms with E-state index in [0.29, 0.717) is 18.3 Å². The number of aryl methyl sites for hydroxylation is 1. The van der Waals surface area contributed by atoms with Crippen LogP contribution in [0.15, 0.2) is 16.9 Å². The highest BCUT2D eigenvalue weighted by Crippen LogP contribution is 2.33. The van der Waals surface area contributed by atoms with Gasteiger partial charge in [0.25, 0.3) is 0 Å². The van der Waals surface area contributed by atoms with Crippen molar-refractivity contribution in [2.75, 3.05) is 0 Å². The van der Waals surface area contributed by atoms with Gasteiger partial charge < -0.3 is 10.3 Å². The molecule has 4 nitrogen and oxygen atoms in total. The molecule has 22 heavy (non-hydrogen) atoms. The Labute approximate surface area is 131 Å². The number of hydrogen-bond acceptors (Lipinski definition) is 2. The van der Waals surface area contributed by atoms with Gasteiger partial charge in [-0.2, -0.15) is 0 Å². The Morgan fingerprint density at radius 3 is 2.86 bits per heavy atom. The highest BCUT2D eigenvalue weighted by atomic mass is 16.1. The van der Waals surface area contributed by atoms with Gasteiger partial charge in [0, 0.05) is 18.2 Å². The minimum absolute atomic E-state index is 0.0539. The van der Waals surface area contributed by atoms with Crippen molar-refractivity contribution in [3.63, 3.8) is 0 Å². The first-order valence-electron chi connectivity index (χ1n) is 8.65. The zero-order valence-corrected chi connectivity index (χ0v) is 13.4. The molecule has 0 spiro atoms. The summed E-state index contributed by atoms with van der Waals surface area (Å²) in [6.45, 7) is 2.28. The molecule has 1 heterocycles. The van der Waals surface area contributed by atoms with E-state index >= 15 is 0 Å². The van der Waals surface area contributed by atoms with Gasteiger partial charge in [-0.25, -0.2) is 0 Å². The highest BCUT2D eigenvalue weighted by molar-refractivity contribution is 5.76. The van der Waals surface area contributed by atoms with Gasteiger partial charge in [0.15, 0.2) is 0 Å². The number of hydrogen-bond donors (Lipinski definition) is 2. The van der Waals surface area contributed by atoms with E-state index in [1.807, 2.05) is 6.07 Å². The number of aromatic amines is 1. The maximum atomic E-state index is 12.4. The minimum Gasteiger partial charge on any atom is -0.349 e. The third kappa shape index (κ3) is 3.42. The normalized spacial score (nSPS) is 28.0. The molecule has 0 aromatic carbocycles. The van der Waals surface area contributed by atoms with Gasteiger partial charge in [-0.3, -0.25) is 9.59 Å². The first-order valence-corrected chi connectivity index (χ1v) is 8.65. The maximum Gasteiger partial charge on any atom is 0.248 e. The predicted octanol–water partition coefficient (Wildman–Crippen LogP) is 3.08. The van der Waals surface area contributed by atoms with Crippen molar-refractivity contribution < 1.29 is 4.79 Å². The molecule has 120 valence electrons. The topological polar surface area (TPSA) is 62.0 Å². The molecule has 1 fully saturated rings. The fraction of sp³-hybridized carbons (Fsp3) is 0.667. The number of aromatic nitrogens is 1. The molecule has 1 saturated carbocycles. The summed E-state index contributed by atoms with van der Waals surface area (Å²) in [7, 11) is 0. The van der Waals surface area contributed by atoms with Crippen LogP contribution in [0.4, 0.5) is 0 Å². The largest absolute Gasteiger partial charge is 0.349 e. The summed E-state index contributed by atoms with van der Waals surface area (Å²) >= 11 is 0. The molecule has 1 aromatic rings. The van der Waals surface area contributed by atoms with Crippen molar-refractivity contribution in [3.05, 3.63) is 33.7 Å². The van der Waals surface area contributed by atoms with Crippen LogP contribution in [0.3, 0.4) is 0 Å². The quantitative estimate of drug-likeness (QED) is 0.901. The van der Waals surface area contributed by atoms with Crippen LogP contribution < -0.4 is 10.9 Å². The molecule has 3 atom stereocenters. The van der Waals surface area contributed by atoms with Crippen LogP contribution in [-0.2, 0) is 11.2 Å². The number of carbonyl (C=O) groups excluding carboxylic acids is 1. The Bertz CT molecular complexity index is 593. The molecule has 2 aliphatic rings. The Kier molecular flexibility index (Phi) is 4.65. The van der Waals surface area contributed by atoms with E-state index in [1.165, 1.54) is 25.7 Å². The molecule has 2 aliphatic carbocycles. The van der Waals surface area contributed by atoms with Gasteiger partial charge in [-0.15, -0.1) is 0 Å². The fourth-order valence-corrected chi connectivity index (χ4v) is 4.04. The summed E-state index contributed by atoms with van der Waals surface area (Å²) in [6, 6.07) is 3.50. The number of carbonyl (C=O) groups is 1. The molecule has 0 aliphatic heterocycles. The zero-order chi connectivity index (χ0) is 15.5. The van der Waals surface area contributed by atoms with Gasteiger partial charge in [0.1, 0.15) is 0 Å². The molecular formula is C18H26N2O2. The SMILES string of the molecule is C[C@@H]1CCCC[C@@H]1CC(=O)N[C@H]1CCCc2[nH]c(=O)ccc21. The van der Waals surface area contributed by atoms with Gasteiger partial charge in [0.2, 0.25) is 11.5 Å². The molecule has 0 bridgehead atoms. The van der Waals surface area contributed by atoms with Crippen LogP contribution in [0.5, 0.6) is 0 Å². The molecule has 1 amide bonds. The molecule has 4 heteroatoms. The maximum absolute atomic E-state index is 12.4. The van der Waals surface area contributed by atoms with Crippen LogP contribution in [-0.4, -0.2) is 10.9 Å². The zero-order valence-electron chi connectivity index (χ0n) is 13.4. The summed E-state index contributed by atoms with van der Waals surface area (Å²) in [4.78, 5) is 26.8. The van der Waals surface area contributed by atoms with Crippen LogP contribution >= 0.6 is 0 Å². The van der Waals surface area contributed by atoms with Crippen molar-refractivity contribution in [1.29, 1.82) is 0 Å². The highest BCUT2D eigenvalue weighted by Gasteiger charge is 2.26. The van der Waals surface area contributed by atoms with Gasteiger partial charge >= 0.3 is 0 Å². The van der Waals surface area contributed by atoms with Crippen molar-refractivity contribution in [2.24, 2.45) is 11.8 Å². The van der Waals surface area contributed by atoms with Crippen molar-refractivity contribution >= 4 is 5.91 Å². The molecule has 1 aromatic heterocycles. The predicted molar refractivity (Wildman–Crippen MR) is 86.6 cm³/mol. The molecule has 0 radical (unpaired) electrons. The Morgan fingerprint density at radius 1 is 1.23 bits per heavy atom. The van der Waals surface area contributed by atoms with E-state index in [-0.39, 0.29) is 17.5 Å². The molecular weight excluding hydrogens is 276 g/mol. The number of H-pyrrole nitrogens is 1. The number of amides is 1. The van der Waals surface area contributed by atoms with Crippen molar-refractivity contribution in [3.8, 4) is 0 Å². The van der Waals surface area contributed by atoms with Crippen molar-refractivity contribution in [1.82, 2.24) is 10.3 Å². The number of rotatable bonds is 3. The van der Waals surface area contributed by atoms with Crippen LogP contribution in [0, 0.1) is 11.8 Å². The lowest BCUT2D eigenvalue weighted by molar-refractivity contribution is -0.123. The van der Waals surface area contributed by atoms with Gasteiger partial charge in [-0.1, -0.05) is 26.2 Å². The van der Waals surface area contributed by atoms with E-state index in [0.717, 1.165) is 30.5 Å². The van der Waals surface area contributed by atoms with E-state index in [1.54, 1.807) is 6.07 Å². The van der Waals surface area contributed by atoms with E-state index in [2.05, 4.69) is 17.2 Å². The lowest BCUT2D eigenvalue weighted by Crippen LogP contribution is -2.34. The van der Waals surface area contributed by atoms with E-state index in [4.69, 9.17) is 0 Å². The molecule has 3 rings (SSSR count). The summed E-state index contributed by atoms with van der Waals surface area (Å²) in [5, 5.41) is 3.20. The molecule has 0 unspecified atom stereocenters. The van der Waals surface area contributed by atoms with Crippen molar-refractivity contribution in [2.45, 2.75) is 64.3 Å². The summed E-state index contributed by atoms with van der Waals surface area (Å²) in [5.74, 6) is 1.37. The second-order valence-corrected chi connectivity index (χ2v) is 6.99. The average Bonchev–Trinajstić information content (AvgIpc) is 2.49. The van der Waals surface area contributed by atoms with E-state index in [9.17, 15) is 9.59 Å². The van der Waals surface area contributed by atoms with Crippen LogP contribution in [0.1, 0.15) is 69.2 Å². The third-order valence-corrected chi connectivity index (χ3v) is 5.40. The first-order chi connectivity index (χ1) is 10.6. The standard InChI is InChI=1S/C18H26N2O2/c1-12-5-2-3-6-13(12)11-18(22)20-16-8-4-7-15-14(16)9-10-17(21)19-15/h9-10,12-13,16H,2-8,11H2,1H3,(H,19,21)(H,20,22)/t12-,13-,16+/m1/s1. The summed E-state index contributed by atoms with van der Waals surface area (Å²) < 4.78 is 0. The average molecular weight is 302 g/mol. The third-order valence-electron chi connectivity index (χ3n) is 5.40. The second kappa shape index (κ2) is 6.67. The lowest BCUT2D eigenvalue weighted by atomic mass is 9.78. The molecule has 0 saturated heterocycles. The number of fused-ring (bicyclic) bond motifs is 1. The second-order valence-electron chi connectivity index (χ2n) is 6.99. The smallest absolute Gasteiger partial charge is 0.248 e. The van der Waals surface area contributed by atoms with E-state index < -0.39 is 0 Å². The minimum atomic E-state index is -0.0539. The van der Waals surface area contributed by atoms with Gasteiger partial charge in [-0.05, 0) is 49.1 Å². The Morgan fingerprint density at radius 2 is 2.05 bits per heavy atom. The lowest BCUT2D eigenvalue weighted by Gasteiger charge is -2.30. The number of pyridine rings is 1. The monoisotopic (exact) mass is 302 g/mol.